The van der Waals surface area contributed by atoms with Crippen LogP contribution in [0, 0.1) is 4.77 Å². The molecule has 25 heavy (non-hydrogen) atoms. The minimum absolute atomic E-state index is 0.000323. The molecule has 1 aromatic heterocycles. The van der Waals surface area contributed by atoms with Crippen molar-refractivity contribution in [1.29, 1.82) is 0 Å². The second-order valence-electron chi connectivity index (χ2n) is 5.79. The molecular weight excluding hydrogens is 395 g/mol. The van der Waals surface area contributed by atoms with Crippen molar-refractivity contribution in [3.05, 3.63) is 40.9 Å². The summed E-state index contributed by atoms with van der Waals surface area (Å²) >= 11 is 12.4. The third kappa shape index (κ3) is 6.51. The summed E-state index contributed by atoms with van der Waals surface area (Å²) in [6.45, 7) is 7.83. The molecule has 2 N–H and O–H groups in total. The second kappa shape index (κ2) is 9.30. The third-order valence-corrected chi connectivity index (χ3v) is 8.44. The lowest BCUT2D eigenvalue weighted by atomic mass is 10.3. The highest BCUT2D eigenvalue weighted by Crippen LogP contribution is 2.63. The Kier molecular flexibility index (Phi) is 7.67. The first-order chi connectivity index (χ1) is 11.8. The van der Waals surface area contributed by atoms with Gasteiger partial charge in [0.15, 0.2) is 5.82 Å². The van der Waals surface area contributed by atoms with Crippen molar-refractivity contribution in [2.24, 2.45) is 0 Å². The van der Waals surface area contributed by atoms with Crippen molar-refractivity contribution < 1.29 is 9.05 Å². The highest BCUT2D eigenvalue weighted by molar-refractivity contribution is 8.67. The molecular formula is C15H23N4O2PS3. The maximum absolute atomic E-state index is 5.91. The summed E-state index contributed by atoms with van der Waals surface area (Å²) in [5, 5.41) is 7.11. The fraction of sp³-hybridized carbons (Fsp3) is 0.467. The Hall–Kier alpha value is -0.700. The van der Waals surface area contributed by atoms with E-state index in [-0.39, 0.29) is 12.2 Å². The number of aromatic nitrogens is 3. The highest BCUT2D eigenvalue weighted by Gasteiger charge is 2.24. The van der Waals surface area contributed by atoms with Gasteiger partial charge in [0.1, 0.15) is 0 Å². The average molecular weight is 419 g/mol. The summed E-state index contributed by atoms with van der Waals surface area (Å²) in [5.41, 5.74) is 1.69. The number of para-hydroxylation sites is 1. The van der Waals surface area contributed by atoms with Crippen LogP contribution in [-0.2, 0) is 26.6 Å². The lowest BCUT2D eigenvalue weighted by Gasteiger charge is -2.25. The number of H-pyrrole nitrogens is 1. The lowest BCUT2D eigenvalue weighted by Crippen LogP contribution is -2.13. The molecule has 0 aliphatic rings. The van der Waals surface area contributed by atoms with Gasteiger partial charge in [-0.2, -0.15) is 5.10 Å². The molecule has 0 saturated heterocycles. The van der Waals surface area contributed by atoms with Gasteiger partial charge in [0.05, 0.1) is 23.6 Å². The molecule has 1 aromatic carbocycles. The molecule has 0 aliphatic carbocycles. The van der Waals surface area contributed by atoms with Crippen molar-refractivity contribution in [2.45, 2.75) is 45.7 Å². The first-order valence-electron chi connectivity index (χ1n) is 7.89. The van der Waals surface area contributed by atoms with Crippen LogP contribution in [0.15, 0.2) is 30.3 Å². The number of hydrogen-bond donors (Lipinski definition) is 2. The fourth-order valence-electron chi connectivity index (χ4n) is 1.92. The Labute approximate surface area is 162 Å². The molecule has 6 nitrogen and oxygen atoms in total. The predicted molar refractivity (Wildman–Crippen MR) is 111 cm³/mol. The number of anilines is 1. The van der Waals surface area contributed by atoms with Crippen molar-refractivity contribution in [3.63, 3.8) is 0 Å². The summed E-state index contributed by atoms with van der Waals surface area (Å²) in [5.74, 6) is 1.25. The number of nitrogens with zero attached hydrogens (tertiary/aromatic N) is 2. The molecule has 1 heterocycles. The molecule has 2 aromatic rings. The first-order valence-corrected chi connectivity index (χ1v) is 12.5. The Morgan fingerprint density at radius 2 is 1.80 bits per heavy atom. The summed E-state index contributed by atoms with van der Waals surface area (Å²) < 4.78 is 14.0. The molecule has 0 saturated carbocycles. The van der Waals surface area contributed by atoms with E-state index in [4.69, 9.17) is 33.1 Å². The molecule has 0 bridgehead atoms. The molecule has 10 heteroatoms. The van der Waals surface area contributed by atoms with Gasteiger partial charge in [0.25, 0.3) is 0 Å². The van der Waals surface area contributed by atoms with Crippen molar-refractivity contribution in [1.82, 2.24) is 14.9 Å². The fourth-order valence-corrected chi connectivity index (χ4v) is 7.52. The van der Waals surface area contributed by atoms with Gasteiger partial charge in [0.2, 0.25) is 10.5 Å². The molecule has 0 amide bonds. The summed E-state index contributed by atoms with van der Waals surface area (Å²) in [6.07, 6.45) is 0.000645. The van der Waals surface area contributed by atoms with Crippen molar-refractivity contribution in [3.8, 4) is 0 Å². The smallest absolute Gasteiger partial charge is 0.248 e. The Morgan fingerprint density at radius 1 is 1.20 bits per heavy atom. The number of rotatable bonds is 9. The van der Waals surface area contributed by atoms with Crippen LogP contribution in [0.25, 0.3) is 0 Å². The van der Waals surface area contributed by atoms with Gasteiger partial charge in [0, 0.05) is 0 Å². The minimum Gasteiger partial charge on any atom is -0.319 e. The summed E-state index contributed by atoms with van der Waals surface area (Å²) in [7, 11) is 0. The monoisotopic (exact) mass is 418 g/mol. The molecule has 138 valence electrons. The van der Waals surface area contributed by atoms with Gasteiger partial charge < -0.3 is 9.05 Å². The van der Waals surface area contributed by atoms with E-state index in [1.165, 1.54) is 11.4 Å². The molecule has 0 radical (unpaired) electrons. The highest BCUT2D eigenvalue weighted by atomic mass is 32.9. The zero-order valence-corrected chi connectivity index (χ0v) is 18.0. The maximum atomic E-state index is 5.91. The van der Waals surface area contributed by atoms with Crippen LogP contribution in [-0.4, -0.2) is 27.1 Å². The standard InChI is InChI=1S/C15H23N4O2PS3/c1-11(2)20-22(24,21-12(3)4)25-10-14-16-17-15(23)19(14)18-13-8-6-5-7-9-13/h5-9,11-12,18H,10H2,1-4H3,(H,17,23). The Balaban J connectivity index is 2.14. The summed E-state index contributed by atoms with van der Waals surface area (Å²) in [6, 6.07) is 9.78. The molecule has 0 atom stereocenters. The van der Waals surface area contributed by atoms with E-state index >= 15 is 0 Å². The number of nitrogens with one attached hydrogen (secondary N) is 2. The van der Waals surface area contributed by atoms with Crippen molar-refractivity contribution >= 4 is 46.8 Å². The van der Waals surface area contributed by atoms with Crippen LogP contribution >= 0.6 is 29.3 Å². The maximum Gasteiger partial charge on any atom is 0.248 e. The molecule has 0 aliphatic heterocycles. The van der Waals surface area contributed by atoms with E-state index in [0.29, 0.717) is 10.5 Å². The summed E-state index contributed by atoms with van der Waals surface area (Å²) in [4.78, 5) is 0. The lowest BCUT2D eigenvalue weighted by molar-refractivity contribution is 0.186. The van der Waals surface area contributed by atoms with E-state index in [0.717, 1.165) is 11.5 Å². The van der Waals surface area contributed by atoms with Crippen LogP contribution < -0.4 is 5.43 Å². The van der Waals surface area contributed by atoms with E-state index in [1.54, 1.807) is 4.68 Å². The number of benzene rings is 1. The van der Waals surface area contributed by atoms with E-state index in [1.807, 2.05) is 58.0 Å². The van der Waals surface area contributed by atoms with E-state index in [9.17, 15) is 0 Å². The normalized spacial score (nSPS) is 12.1. The van der Waals surface area contributed by atoms with Gasteiger partial charge in [-0.15, -0.1) is 0 Å². The van der Waals surface area contributed by atoms with E-state index < -0.39 is 5.69 Å². The SMILES string of the molecule is CC(C)OP(=S)(OC(C)C)SCc1n[nH]c(=S)n1Nc1ccccc1. The molecule has 0 unspecified atom stereocenters. The topological polar surface area (TPSA) is 64.1 Å². The molecule has 0 fully saturated rings. The van der Waals surface area contributed by atoms with Crippen LogP contribution in [0.4, 0.5) is 5.69 Å². The van der Waals surface area contributed by atoms with Crippen molar-refractivity contribution in [2.75, 3.05) is 5.43 Å². The number of hydrogen-bond acceptors (Lipinski definition) is 7. The predicted octanol–water partition coefficient (Wildman–Crippen LogP) is 5.12. The Bertz CT molecular complexity index is 763. The average Bonchev–Trinajstić information content (AvgIpc) is 2.85. The zero-order chi connectivity index (χ0) is 18.4. The Morgan fingerprint density at radius 3 is 2.36 bits per heavy atom. The number of aromatic amines is 1. The molecule has 0 spiro atoms. The quantitative estimate of drug-likeness (QED) is 0.433. The van der Waals surface area contributed by atoms with Gasteiger partial charge >= 0.3 is 0 Å². The van der Waals surface area contributed by atoms with Gasteiger partial charge in [-0.25, -0.2) is 4.68 Å². The second-order valence-corrected chi connectivity index (χ2v) is 12.4. The first kappa shape index (κ1) is 20.6. The minimum atomic E-state index is -2.47. The molecule has 2 rings (SSSR count). The van der Waals surface area contributed by atoms with E-state index in [2.05, 4.69) is 15.6 Å². The zero-order valence-electron chi connectivity index (χ0n) is 14.6. The van der Waals surface area contributed by atoms with Gasteiger partial charge in [-0.3, -0.25) is 10.5 Å². The van der Waals surface area contributed by atoms with Crippen LogP contribution in [0.1, 0.15) is 33.5 Å². The largest absolute Gasteiger partial charge is 0.319 e. The van der Waals surface area contributed by atoms with Crippen LogP contribution in [0.3, 0.4) is 0 Å². The van der Waals surface area contributed by atoms with Crippen LogP contribution in [0.2, 0.25) is 0 Å². The van der Waals surface area contributed by atoms with Crippen LogP contribution in [0.5, 0.6) is 0 Å². The van der Waals surface area contributed by atoms with Gasteiger partial charge in [-0.05, 0) is 63.9 Å². The van der Waals surface area contributed by atoms with Gasteiger partial charge in [-0.1, -0.05) is 29.6 Å². The third-order valence-electron chi connectivity index (χ3n) is 2.79.